The summed E-state index contributed by atoms with van der Waals surface area (Å²) < 4.78 is 53.9. The Labute approximate surface area is 160 Å². The van der Waals surface area contributed by atoms with Gasteiger partial charge >= 0.3 is 12.2 Å². The van der Waals surface area contributed by atoms with Crippen molar-refractivity contribution in [3.05, 3.63) is 53.1 Å². The predicted molar refractivity (Wildman–Crippen MR) is 96.6 cm³/mol. The molecule has 0 spiro atoms. The molecular formula is C19H21F3N2O4. The highest BCUT2D eigenvalue weighted by molar-refractivity contribution is 5.74. The molecule has 0 heterocycles. The summed E-state index contributed by atoms with van der Waals surface area (Å²) in [6, 6.07) is 7.56. The predicted octanol–water partition coefficient (Wildman–Crippen LogP) is 3.73. The molecule has 0 fully saturated rings. The van der Waals surface area contributed by atoms with Crippen LogP contribution in [0.4, 0.5) is 18.0 Å². The summed E-state index contributed by atoms with van der Waals surface area (Å²) >= 11 is 0. The third-order valence-electron chi connectivity index (χ3n) is 3.93. The van der Waals surface area contributed by atoms with E-state index in [0.717, 1.165) is 12.1 Å². The van der Waals surface area contributed by atoms with Crippen molar-refractivity contribution in [1.29, 1.82) is 0 Å². The standard InChI is InChI=1S/C19H21F3N2O4/c1-26-15-9-17(28-3)16(27-2)8-13(15)11-24-18(25)23-10-12-5-4-6-14(7-12)19(20,21)22/h4-9H,10-11H2,1-3H3,(H2,23,24,25). The Balaban J connectivity index is 1.98. The van der Waals surface area contributed by atoms with E-state index in [9.17, 15) is 18.0 Å². The van der Waals surface area contributed by atoms with E-state index in [1.807, 2.05) is 0 Å². The van der Waals surface area contributed by atoms with Gasteiger partial charge in [-0.25, -0.2) is 4.79 Å². The van der Waals surface area contributed by atoms with Crippen LogP contribution in [0, 0.1) is 0 Å². The smallest absolute Gasteiger partial charge is 0.416 e. The van der Waals surface area contributed by atoms with Gasteiger partial charge in [-0.15, -0.1) is 0 Å². The molecule has 2 N–H and O–H groups in total. The molecule has 2 amide bonds. The van der Waals surface area contributed by atoms with Crippen molar-refractivity contribution in [2.45, 2.75) is 19.3 Å². The summed E-state index contributed by atoms with van der Waals surface area (Å²) in [4.78, 5) is 12.0. The lowest BCUT2D eigenvalue weighted by Crippen LogP contribution is -2.34. The number of hydrogen-bond donors (Lipinski definition) is 2. The minimum Gasteiger partial charge on any atom is -0.496 e. The third kappa shape index (κ3) is 5.45. The lowest BCUT2D eigenvalue weighted by atomic mass is 10.1. The first-order valence-corrected chi connectivity index (χ1v) is 8.25. The van der Waals surface area contributed by atoms with Crippen LogP contribution in [0.5, 0.6) is 17.2 Å². The van der Waals surface area contributed by atoms with Crippen LogP contribution in [-0.2, 0) is 19.3 Å². The second kappa shape index (κ2) is 9.20. The number of nitrogens with one attached hydrogen (secondary N) is 2. The summed E-state index contributed by atoms with van der Waals surface area (Å²) in [7, 11) is 4.47. The van der Waals surface area contributed by atoms with Gasteiger partial charge in [-0.1, -0.05) is 12.1 Å². The minimum atomic E-state index is -4.43. The van der Waals surface area contributed by atoms with Crippen LogP contribution in [-0.4, -0.2) is 27.4 Å². The highest BCUT2D eigenvalue weighted by atomic mass is 19.4. The number of urea groups is 1. The summed E-state index contributed by atoms with van der Waals surface area (Å²) in [6.45, 7) is 0.0801. The molecule has 6 nitrogen and oxygen atoms in total. The molecule has 28 heavy (non-hydrogen) atoms. The van der Waals surface area contributed by atoms with Crippen LogP contribution in [0.15, 0.2) is 36.4 Å². The van der Waals surface area contributed by atoms with Crippen LogP contribution in [0.2, 0.25) is 0 Å². The Morgan fingerprint density at radius 1 is 0.893 bits per heavy atom. The van der Waals surface area contributed by atoms with Crippen molar-refractivity contribution in [3.8, 4) is 17.2 Å². The monoisotopic (exact) mass is 398 g/mol. The summed E-state index contributed by atoms with van der Waals surface area (Å²) in [6.07, 6.45) is -4.43. The molecule has 2 aromatic carbocycles. The fourth-order valence-electron chi connectivity index (χ4n) is 2.51. The highest BCUT2D eigenvalue weighted by Gasteiger charge is 2.30. The van der Waals surface area contributed by atoms with Gasteiger partial charge in [0, 0.05) is 24.7 Å². The Morgan fingerprint density at radius 3 is 2.11 bits per heavy atom. The minimum absolute atomic E-state index is 0.0428. The van der Waals surface area contributed by atoms with Crippen molar-refractivity contribution in [1.82, 2.24) is 10.6 Å². The first-order chi connectivity index (χ1) is 13.3. The Morgan fingerprint density at radius 2 is 1.50 bits per heavy atom. The lowest BCUT2D eigenvalue weighted by Gasteiger charge is -2.15. The Bertz CT molecular complexity index is 825. The summed E-state index contributed by atoms with van der Waals surface area (Å²) in [5.41, 5.74) is 0.227. The van der Waals surface area contributed by atoms with E-state index >= 15 is 0 Å². The zero-order valence-electron chi connectivity index (χ0n) is 15.6. The number of carbonyl (C=O) groups excluding carboxylic acids is 1. The maximum atomic E-state index is 12.7. The molecular weight excluding hydrogens is 377 g/mol. The molecule has 2 aromatic rings. The van der Waals surface area contributed by atoms with E-state index in [4.69, 9.17) is 14.2 Å². The molecule has 2 rings (SSSR count). The molecule has 0 aliphatic heterocycles. The third-order valence-corrected chi connectivity index (χ3v) is 3.93. The molecule has 0 radical (unpaired) electrons. The van der Waals surface area contributed by atoms with Gasteiger partial charge in [0.05, 0.1) is 26.9 Å². The fourth-order valence-corrected chi connectivity index (χ4v) is 2.51. The second-order valence-electron chi connectivity index (χ2n) is 5.75. The van der Waals surface area contributed by atoms with Crippen LogP contribution >= 0.6 is 0 Å². The van der Waals surface area contributed by atoms with E-state index in [2.05, 4.69) is 10.6 Å². The zero-order valence-corrected chi connectivity index (χ0v) is 15.6. The number of rotatable bonds is 7. The molecule has 0 aromatic heterocycles. The van der Waals surface area contributed by atoms with Gasteiger partial charge in [0.15, 0.2) is 11.5 Å². The number of carbonyl (C=O) groups is 1. The van der Waals surface area contributed by atoms with Crippen molar-refractivity contribution in [2.75, 3.05) is 21.3 Å². The molecule has 152 valence electrons. The second-order valence-corrected chi connectivity index (χ2v) is 5.75. The van der Waals surface area contributed by atoms with Gasteiger partial charge < -0.3 is 24.8 Å². The largest absolute Gasteiger partial charge is 0.496 e. The first kappa shape index (κ1) is 21.2. The van der Waals surface area contributed by atoms with Crippen LogP contribution in [0.1, 0.15) is 16.7 Å². The maximum absolute atomic E-state index is 12.7. The summed E-state index contributed by atoms with van der Waals surface area (Å²) in [5, 5.41) is 5.15. The topological polar surface area (TPSA) is 68.8 Å². The van der Waals surface area contributed by atoms with Crippen molar-refractivity contribution in [2.24, 2.45) is 0 Å². The van der Waals surface area contributed by atoms with Gasteiger partial charge in [-0.2, -0.15) is 13.2 Å². The molecule has 0 atom stereocenters. The first-order valence-electron chi connectivity index (χ1n) is 8.25. The van der Waals surface area contributed by atoms with E-state index in [1.54, 1.807) is 12.1 Å². The molecule has 9 heteroatoms. The van der Waals surface area contributed by atoms with Gasteiger partial charge in [0.25, 0.3) is 0 Å². The lowest BCUT2D eigenvalue weighted by molar-refractivity contribution is -0.137. The van der Waals surface area contributed by atoms with Crippen molar-refractivity contribution < 1.29 is 32.2 Å². The molecule has 0 bridgehead atoms. The molecule has 0 aliphatic carbocycles. The highest BCUT2D eigenvalue weighted by Crippen LogP contribution is 2.34. The number of hydrogen-bond acceptors (Lipinski definition) is 4. The average molecular weight is 398 g/mol. The number of halogens is 3. The molecule has 0 saturated heterocycles. The number of methoxy groups -OCH3 is 3. The van der Waals surface area contributed by atoms with Gasteiger partial charge in [0.1, 0.15) is 5.75 Å². The number of alkyl halides is 3. The van der Waals surface area contributed by atoms with Crippen LogP contribution in [0.25, 0.3) is 0 Å². The van der Waals surface area contributed by atoms with Crippen LogP contribution < -0.4 is 24.8 Å². The Hall–Kier alpha value is -3.10. The van der Waals surface area contributed by atoms with Gasteiger partial charge in [0.2, 0.25) is 0 Å². The van der Waals surface area contributed by atoms with Gasteiger partial charge in [-0.3, -0.25) is 0 Å². The average Bonchev–Trinajstić information content (AvgIpc) is 2.69. The van der Waals surface area contributed by atoms with E-state index in [-0.39, 0.29) is 13.1 Å². The van der Waals surface area contributed by atoms with Crippen molar-refractivity contribution in [3.63, 3.8) is 0 Å². The van der Waals surface area contributed by atoms with Crippen molar-refractivity contribution >= 4 is 6.03 Å². The van der Waals surface area contributed by atoms with E-state index in [0.29, 0.717) is 28.4 Å². The molecule has 0 aliphatic rings. The summed E-state index contributed by atoms with van der Waals surface area (Å²) in [5.74, 6) is 1.46. The fraction of sp³-hybridized carbons (Fsp3) is 0.316. The normalized spacial score (nSPS) is 10.9. The number of ether oxygens (including phenoxy) is 3. The molecule has 0 unspecified atom stereocenters. The van der Waals surface area contributed by atoms with E-state index in [1.165, 1.54) is 33.5 Å². The molecule has 0 saturated carbocycles. The quantitative estimate of drug-likeness (QED) is 0.746. The SMILES string of the molecule is COc1cc(OC)c(OC)cc1CNC(=O)NCc1cccc(C(F)(F)F)c1. The number of amides is 2. The van der Waals surface area contributed by atoms with Crippen LogP contribution in [0.3, 0.4) is 0 Å². The maximum Gasteiger partial charge on any atom is 0.416 e. The zero-order chi connectivity index (χ0) is 20.7. The van der Waals surface area contributed by atoms with E-state index < -0.39 is 17.8 Å². The number of benzene rings is 2. The Kier molecular flexibility index (Phi) is 6.97. The van der Waals surface area contributed by atoms with Gasteiger partial charge in [-0.05, 0) is 23.8 Å².